The average Bonchev–Trinajstić information content (AvgIpc) is 3.14. The second kappa shape index (κ2) is 7.51. The highest BCUT2D eigenvalue weighted by atomic mass is 32.1. The molecule has 1 amide bonds. The number of benzene rings is 1. The van der Waals surface area contributed by atoms with Gasteiger partial charge in [0.2, 0.25) is 0 Å². The standard InChI is InChI=1S/C18H21NO3S/c1-21-15-5-2-3-6-16(15)22-13-18(20)19-10-8-14(9-11-19)17-7-4-12-23-17/h2-7,12,14H,8-11,13H2,1H3. The van der Waals surface area contributed by atoms with Crippen LogP contribution in [-0.2, 0) is 4.79 Å². The molecule has 0 unspecified atom stereocenters. The van der Waals surface area contributed by atoms with Crippen LogP contribution in [0.25, 0.3) is 0 Å². The van der Waals surface area contributed by atoms with Crippen molar-refractivity contribution in [3.05, 3.63) is 46.7 Å². The minimum Gasteiger partial charge on any atom is -0.493 e. The largest absolute Gasteiger partial charge is 0.493 e. The molecule has 0 radical (unpaired) electrons. The lowest BCUT2D eigenvalue weighted by atomic mass is 9.95. The third-order valence-corrected chi connectivity index (χ3v) is 5.25. The Balaban J connectivity index is 1.50. The van der Waals surface area contributed by atoms with Crippen molar-refractivity contribution in [2.45, 2.75) is 18.8 Å². The summed E-state index contributed by atoms with van der Waals surface area (Å²) in [6.45, 7) is 1.66. The molecule has 0 bridgehead atoms. The Bertz CT molecular complexity index is 633. The van der Waals surface area contributed by atoms with Crippen LogP contribution in [0.15, 0.2) is 41.8 Å². The summed E-state index contributed by atoms with van der Waals surface area (Å²) in [5.41, 5.74) is 0. The number of likely N-dealkylation sites (tertiary alicyclic amines) is 1. The first kappa shape index (κ1) is 15.9. The fourth-order valence-corrected chi connectivity index (χ4v) is 3.81. The molecule has 122 valence electrons. The Morgan fingerprint density at radius 2 is 1.91 bits per heavy atom. The zero-order chi connectivity index (χ0) is 16.1. The van der Waals surface area contributed by atoms with Gasteiger partial charge in [0.1, 0.15) is 0 Å². The lowest BCUT2D eigenvalue weighted by molar-refractivity contribution is -0.134. The number of methoxy groups -OCH3 is 1. The van der Waals surface area contributed by atoms with Crippen molar-refractivity contribution >= 4 is 17.2 Å². The third-order valence-electron chi connectivity index (χ3n) is 4.21. The smallest absolute Gasteiger partial charge is 0.260 e. The molecular formula is C18H21NO3S. The summed E-state index contributed by atoms with van der Waals surface area (Å²) in [6.07, 6.45) is 2.06. The van der Waals surface area contributed by atoms with Crippen molar-refractivity contribution in [1.29, 1.82) is 0 Å². The molecule has 3 rings (SSSR count). The van der Waals surface area contributed by atoms with E-state index in [0.29, 0.717) is 17.4 Å². The molecule has 0 N–H and O–H groups in total. The summed E-state index contributed by atoms with van der Waals surface area (Å²) in [5, 5.41) is 2.12. The van der Waals surface area contributed by atoms with Crippen molar-refractivity contribution in [3.63, 3.8) is 0 Å². The molecule has 1 aromatic carbocycles. The first-order valence-electron chi connectivity index (χ1n) is 7.85. The second-order valence-corrected chi connectivity index (χ2v) is 6.59. The van der Waals surface area contributed by atoms with E-state index >= 15 is 0 Å². The van der Waals surface area contributed by atoms with Crippen LogP contribution in [0.1, 0.15) is 23.6 Å². The van der Waals surface area contributed by atoms with Gasteiger partial charge in [-0.3, -0.25) is 4.79 Å². The fourth-order valence-electron chi connectivity index (χ4n) is 2.91. The molecule has 0 saturated carbocycles. The maximum absolute atomic E-state index is 12.3. The molecule has 2 heterocycles. The van der Waals surface area contributed by atoms with Crippen molar-refractivity contribution in [2.24, 2.45) is 0 Å². The highest BCUT2D eigenvalue weighted by Gasteiger charge is 2.24. The number of piperidine rings is 1. The quantitative estimate of drug-likeness (QED) is 0.841. The number of amides is 1. The molecule has 5 heteroatoms. The summed E-state index contributed by atoms with van der Waals surface area (Å²) in [6, 6.07) is 11.7. The Morgan fingerprint density at radius 1 is 1.17 bits per heavy atom. The van der Waals surface area contributed by atoms with E-state index in [2.05, 4.69) is 17.5 Å². The summed E-state index contributed by atoms with van der Waals surface area (Å²) < 4.78 is 10.9. The van der Waals surface area contributed by atoms with Gasteiger partial charge in [0.15, 0.2) is 18.1 Å². The maximum atomic E-state index is 12.3. The van der Waals surface area contributed by atoms with Gasteiger partial charge in [-0.15, -0.1) is 11.3 Å². The zero-order valence-electron chi connectivity index (χ0n) is 13.2. The number of carbonyl (C=O) groups excluding carboxylic acids is 1. The van der Waals surface area contributed by atoms with Crippen LogP contribution in [0.5, 0.6) is 11.5 Å². The van der Waals surface area contributed by atoms with E-state index in [1.54, 1.807) is 7.11 Å². The average molecular weight is 331 g/mol. The Labute approximate surface area is 140 Å². The summed E-state index contributed by atoms with van der Waals surface area (Å²) in [5.74, 6) is 1.89. The Kier molecular flexibility index (Phi) is 5.18. The molecule has 0 spiro atoms. The van der Waals surface area contributed by atoms with Gasteiger partial charge in [0, 0.05) is 18.0 Å². The summed E-state index contributed by atoms with van der Waals surface area (Å²) in [4.78, 5) is 15.7. The van der Waals surface area contributed by atoms with Gasteiger partial charge < -0.3 is 14.4 Å². The molecule has 1 aromatic heterocycles. The van der Waals surface area contributed by atoms with Crippen LogP contribution in [0, 0.1) is 0 Å². The highest BCUT2D eigenvalue weighted by Crippen LogP contribution is 2.31. The van der Waals surface area contributed by atoms with Crippen LogP contribution >= 0.6 is 11.3 Å². The first-order valence-corrected chi connectivity index (χ1v) is 8.73. The van der Waals surface area contributed by atoms with Gasteiger partial charge in [-0.25, -0.2) is 0 Å². The van der Waals surface area contributed by atoms with E-state index < -0.39 is 0 Å². The summed E-state index contributed by atoms with van der Waals surface area (Å²) >= 11 is 1.81. The number of rotatable bonds is 5. The van der Waals surface area contributed by atoms with Gasteiger partial charge in [-0.1, -0.05) is 18.2 Å². The maximum Gasteiger partial charge on any atom is 0.260 e. The lowest BCUT2D eigenvalue weighted by Gasteiger charge is -2.31. The molecule has 0 atom stereocenters. The Morgan fingerprint density at radius 3 is 2.57 bits per heavy atom. The van der Waals surface area contributed by atoms with Gasteiger partial charge in [0.05, 0.1) is 7.11 Å². The number of carbonyl (C=O) groups is 1. The first-order chi connectivity index (χ1) is 11.3. The second-order valence-electron chi connectivity index (χ2n) is 5.61. The molecule has 1 aliphatic rings. The van der Waals surface area contributed by atoms with Gasteiger partial charge in [-0.05, 0) is 42.3 Å². The SMILES string of the molecule is COc1ccccc1OCC(=O)N1CCC(c2cccs2)CC1. The topological polar surface area (TPSA) is 38.8 Å². The molecule has 1 saturated heterocycles. The lowest BCUT2D eigenvalue weighted by Crippen LogP contribution is -2.40. The van der Waals surface area contributed by atoms with E-state index in [0.717, 1.165) is 25.9 Å². The fraction of sp³-hybridized carbons (Fsp3) is 0.389. The Hall–Kier alpha value is -2.01. The van der Waals surface area contributed by atoms with E-state index in [9.17, 15) is 4.79 Å². The third kappa shape index (κ3) is 3.85. The number of para-hydroxylation sites is 2. The monoisotopic (exact) mass is 331 g/mol. The molecule has 1 aliphatic heterocycles. The van der Waals surface area contributed by atoms with E-state index in [1.807, 2.05) is 40.5 Å². The molecule has 2 aromatic rings. The van der Waals surface area contributed by atoms with Crippen LogP contribution in [-0.4, -0.2) is 37.6 Å². The van der Waals surface area contributed by atoms with Crippen LogP contribution < -0.4 is 9.47 Å². The molecule has 23 heavy (non-hydrogen) atoms. The van der Waals surface area contributed by atoms with Gasteiger partial charge in [-0.2, -0.15) is 0 Å². The minimum atomic E-state index is 0.0422. The predicted molar refractivity (Wildman–Crippen MR) is 91.4 cm³/mol. The predicted octanol–water partition coefficient (Wildman–Crippen LogP) is 3.54. The van der Waals surface area contributed by atoms with E-state index in [1.165, 1.54) is 4.88 Å². The van der Waals surface area contributed by atoms with Crippen molar-refractivity contribution < 1.29 is 14.3 Å². The minimum absolute atomic E-state index is 0.0422. The number of hydrogen-bond donors (Lipinski definition) is 0. The summed E-state index contributed by atoms with van der Waals surface area (Å²) in [7, 11) is 1.60. The molecule has 1 fully saturated rings. The number of nitrogens with zero attached hydrogens (tertiary/aromatic N) is 1. The number of hydrogen-bond acceptors (Lipinski definition) is 4. The van der Waals surface area contributed by atoms with Crippen LogP contribution in [0.4, 0.5) is 0 Å². The number of thiophene rings is 1. The number of ether oxygens (including phenoxy) is 2. The molecule has 0 aliphatic carbocycles. The van der Waals surface area contributed by atoms with Gasteiger partial charge in [0.25, 0.3) is 5.91 Å². The van der Waals surface area contributed by atoms with Crippen molar-refractivity contribution in [1.82, 2.24) is 4.90 Å². The van der Waals surface area contributed by atoms with Crippen LogP contribution in [0.3, 0.4) is 0 Å². The van der Waals surface area contributed by atoms with Crippen molar-refractivity contribution in [3.8, 4) is 11.5 Å². The van der Waals surface area contributed by atoms with E-state index in [-0.39, 0.29) is 12.5 Å². The molecule has 4 nitrogen and oxygen atoms in total. The molecular weight excluding hydrogens is 310 g/mol. The van der Waals surface area contributed by atoms with Crippen molar-refractivity contribution in [2.75, 3.05) is 26.8 Å². The zero-order valence-corrected chi connectivity index (χ0v) is 14.1. The van der Waals surface area contributed by atoms with E-state index in [4.69, 9.17) is 9.47 Å². The van der Waals surface area contributed by atoms with Crippen LogP contribution in [0.2, 0.25) is 0 Å². The van der Waals surface area contributed by atoms with Gasteiger partial charge >= 0.3 is 0 Å². The normalized spacial score (nSPS) is 15.4. The highest BCUT2D eigenvalue weighted by molar-refractivity contribution is 7.10.